The summed E-state index contributed by atoms with van der Waals surface area (Å²) in [5.41, 5.74) is 0. The van der Waals surface area contributed by atoms with Crippen molar-refractivity contribution in [3.05, 3.63) is 0 Å². The number of aliphatic carboxylic acids is 1. The number of carboxylic acid groups (broad SMARTS) is 1. The van der Waals surface area contributed by atoms with Gasteiger partial charge in [-0.15, -0.1) is 0 Å². The van der Waals surface area contributed by atoms with Crippen molar-refractivity contribution in [2.75, 3.05) is 18.6 Å². The van der Waals surface area contributed by atoms with Crippen molar-refractivity contribution in [1.82, 2.24) is 4.90 Å². The van der Waals surface area contributed by atoms with Crippen LogP contribution in [0, 0.1) is 0 Å². The van der Waals surface area contributed by atoms with Gasteiger partial charge in [0.1, 0.15) is 0 Å². The monoisotopic (exact) mass is 189 g/mol. The highest BCUT2D eigenvalue weighted by atomic mass is 32.2. The minimum Gasteiger partial charge on any atom is -0.481 e. The Bertz CT molecular complexity index is 170. The Kier molecular flexibility index (Phi) is 3.40. The Morgan fingerprint density at radius 1 is 1.75 bits per heavy atom. The molecule has 1 fully saturated rings. The van der Waals surface area contributed by atoms with E-state index >= 15 is 0 Å². The third kappa shape index (κ3) is 2.38. The Hall–Kier alpha value is -0.220. The minimum atomic E-state index is -0.707. The lowest BCUT2D eigenvalue weighted by Crippen LogP contribution is -2.47. The van der Waals surface area contributed by atoms with Crippen LogP contribution in [0.15, 0.2) is 0 Å². The van der Waals surface area contributed by atoms with Crippen LogP contribution in [0.25, 0.3) is 0 Å². The quantitative estimate of drug-likeness (QED) is 0.713. The van der Waals surface area contributed by atoms with Gasteiger partial charge in [0.15, 0.2) is 0 Å². The number of hydrogen-bond acceptors (Lipinski definition) is 3. The zero-order valence-electron chi connectivity index (χ0n) is 7.49. The van der Waals surface area contributed by atoms with E-state index in [1.165, 1.54) is 0 Å². The van der Waals surface area contributed by atoms with Crippen molar-refractivity contribution in [2.45, 2.75) is 25.4 Å². The van der Waals surface area contributed by atoms with Gasteiger partial charge in [0.05, 0.1) is 6.42 Å². The highest BCUT2D eigenvalue weighted by molar-refractivity contribution is 8.00. The van der Waals surface area contributed by atoms with Crippen molar-refractivity contribution >= 4 is 17.7 Å². The summed E-state index contributed by atoms with van der Waals surface area (Å²) >= 11 is 1.92. The maximum Gasteiger partial charge on any atom is 0.304 e. The number of thioether (sulfide) groups is 1. The molecule has 1 aliphatic rings. The van der Waals surface area contributed by atoms with Crippen molar-refractivity contribution in [3.8, 4) is 0 Å². The lowest BCUT2D eigenvalue weighted by molar-refractivity contribution is -0.138. The molecule has 0 amide bonds. The molecular weight excluding hydrogens is 174 g/mol. The normalized spacial score (nSPS) is 20.6. The van der Waals surface area contributed by atoms with Gasteiger partial charge in [-0.1, -0.05) is 0 Å². The van der Waals surface area contributed by atoms with E-state index in [0.717, 1.165) is 11.5 Å². The second-order valence-corrected chi connectivity index (χ2v) is 4.38. The van der Waals surface area contributed by atoms with Crippen LogP contribution in [-0.2, 0) is 4.79 Å². The average molecular weight is 189 g/mol. The summed E-state index contributed by atoms with van der Waals surface area (Å²) in [6.45, 7) is 1.97. The van der Waals surface area contributed by atoms with Gasteiger partial charge in [-0.2, -0.15) is 11.8 Å². The predicted octanol–water partition coefficient (Wildman–Crippen LogP) is 0.897. The van der Waals surface area contributed by atoms with Crippen LogP contribution >= 0.6 is 11.8 Å². The molecule has 0 spiro atoms. The third-order valence-electron chi connectivity index (χ3n) is 2.36. The highest BCUT2D eigenvalue weighted by Crippen LogP contribution is 2.24. The molecule has 0 aromatic rings. The number of rotatable bonds is 4. The summed E-state index contributed by atoms with van der Waals surface area (Å²) < 4.78 is 0. The average Bonchev–Trinajstić information content (AvgIpc) is 1.81. The summed E-state index contributed by atoms with van der Waals surface area (Å²) in [7, 11) is 2.01. The van der Waals surface area contributed by atoms with Gasteiger partial charge in [-0.05, 0) is 14.0 Å². The topological polar surface area (TPSA) is 40.5 Å². The number of hydrogen-bond donors (Lipinski definition) is 1. The van der Waals surface area contributed by atoms with Crippen molar-refractivity contribution in [3.63, 3.8) is 0 Å². The summed E-state index contributed by atoms with van der Waals surface area (Å²) in [6, 6.07) is 0.762. The summed E-state index contributed by atoms with van der Waals surface area (Å²) in [6.07, 6.45) is 0.248. The molecule has 1 rings (SSSR count). The van der Waals surface area contributed by atoms with Crippen LogP contribution in [-0.4, -0.2) is 46.6 Å². The van der Waals surface area contributed by atoms with Crippen LogP contribution in [0.3, 0.4) is 0 Å². The Morgan fingerprint density at radius 3 is 2.67 bits per heavy atom. The molecule has 1 atom stereocenters. The van der Waals surface area contributed by atoms with E-state index in [9.17, 15) is 4.79 Å². The van der Waals surface area contributed by atoms with Gasteiger partial charge in [-0.25, -0.2) is 0 Å². The first kappa shape index (κ1) is 9.86. The van der Waals surface area contributed by atoms with E-state index in [4.69, 9.17) is 5.11 Å². The van der Waals surface area contributed by atoms with Crippen molar-refractivity contribution in [1.29, 1.82) is 0 Å². The molecule has 0 aliphatic carbocycles. The van der Waals surface area contributed by atoms with E-state index in [-0.39, 0.29) is 12.5 Å². The van der Waals surface area contributed by atoms with Gasteiger partial charge in [0.2, 0.25) is 0 Å². The van der Waals surface area contributed by atoms with Gasteiger partial charge in [0.25, 0.3) is 0 Å². The molecule has 0 bridgehead atoms. The molecule has 12 heavy (non-hydrogen) atoms. The second kappa shape index (κ2) is 4.14. The molecule has 1 aliphatic heterocycles. The molecule has 0 aromatic heterocycles. The first-order valence-corrected chi connectivity index (χ1v) is 5.28. The summed E-state index contributed by atoms with van der Waals surface area (Å²) in [5.74, 6) is 1.60. The Labute approximate surface area is 77.1 Å². The summed E-state index contributed by atoms with van der Waals surface area (Å²) in [5, 5.41) is 8.57. The molecule has 3 nitrogen and oxygen atoms in total. The fraction of sp³-hybridized carbons (Fsp3) is 0.875. The maximum atomic E-state index is 10.4. The smallest absolute Gasteiger partial charge is 0.304 e. The van der Waals surface area contributed by atoms with Crippen LogP contribution in [0.4, 0.5) is 0 Å². The van der Waals surface area contributed by atoms with E-state index in [0.29, 0.717) is 6.04 Å². The van der Waals surface area contributed by atoms with E-state index in [1.54, 1.807) is 0 Å². The Balaban J connectivity index is 2.29. The molecular formula is C8H15NO2S. The first-order valence-electron chi connectivity index (χ1n) is 4.12. The van der Waals surface area contributed by atoms with Gasteiger partial charge >= 0.3 is 5.97 Å². The molecule has 1 unspecified atom stereocenters. The lowest BCUT2D eigenvalue weighted by Gasteiger charge is -2.37. The number of carbonyl (C=O) groups is 1. The third-order valence-corrected chi connectivity index (χ3v) is 3.60. The van der Waals surface area contributed by atoms with Crippen LogP contribution in [0.2, 0.25) is 0 Å². The molecule has 1 saturated heterocycles. The molecule has 1 heterocycles. The standard InChI is InChI=1S/C8H15NO2S/c1-6(3-8(10)11)9(2)7-4-12-5-7/h6-7H,3-5H2,1-2H3,(H,10,11). The molecule has 0 aromatic carbocycles. The lowest BCUT2D eigenvalue weighted by atomic mass is 10.2. The molecule has 0 saturated carbocycles. The molecule has 4 heteroatoms. The van der Waals surface area contributed by atoms with Crippen LogP contribution in [0.1, 0.15) is 13.3 Å². The molecule has 0 radical (unpaired) electrons. The summed E-state index contributed by atoms with van der Waals surface area (Å²) in [4.78, 5) is 12.6. The minimum absolute atomic E-state index is 0.161. The van der Waals surface area contributed by atoms with Crippen molar-refractivity contribution < 1.29 is 9.90 Å². The zero-order chi connectivity index (χ0) is 9.14. The molecule has 1 N–H and O–H groups in total. The zero-order valence-corrected chi connectivity index (χ0v) is 8.30. The fourth-order valence-corrected chi connectivity index (χ4v) is 2.13. The van der Waals surface area contributed by atoms with Gasteiger partial charge in [-0.3, -0.25) is 9.69 Å². The SMILES string of the molecule is CC(CC(=O)O)N(C)C1CSC1. The number of nitrogens with zero attached hydrogens (tertiary/aromatic N) is 1. The van der Waals surface area contributed by atoms with Gasteiger partial charge in [0, 0.05) is 23.6 Å². The van der Waals surface area contributed by atoms with Gasteiger partial charge < -0.3 is 5.11 Å². The largest absolute Gasteiger partial charge is 0.481 e. The maximum absolute atomic E-state index is 10.4. The van der Waals surface area contributed by atoms with E-state index in [1.807, 2.05) is 25.7 Å². The van der Waals surface area contributed by atoms with E-state index in [2.05, 4.69) is 4.90 Å². The van der Waals surface area contributed by atoms with Crippen LogP contribution < -0.4 is 0 Å². The number of carboxylic acids is 1. The van der Waals surface area contributed by atoms with Crippen molar-refractivity contribution in [2.24, 2.45) is 0 Å². The fourth-order valence-electron chi connectivity index (χ4n) is 1.21. The predicted molar refractivity (Wildman–Crippen MR) is 50.6 cm³/mol. The highest BCUT2D eigenvalue weighted by Gasteiger charge is 2.26. The Morgan fingerprint density at radius 2 is 2.33 bits per heavy atom. The van der Waals surface area contributed by atoms with E-state index < -0.39 is 5.97 Å². The second-order valence-electron chi connectivity index (χ2n) is 3.30. The first-order chi connectivity index (χ1) is 5.61. The van der Waals surface area contributed by atoms with Crippen LogP contribution in [0.5, 0.6) is 0 Å². The molecule has 70 valence electrons.